The monoisotopic (exact) mass is 256 g/mol. The van der Waals surface area contributed by atoms with Crippen molar-refractivity contribution in [2.45, 2.75) is 18.6 Å². The summed E-state index contributed by atoms with van der Waals surface area (Å²) < 4.78 is 5.78. The highest BCUT2D eigenvalue weighted by Crippen LogP contribution is 2.42. The van der Waals surface area contributed by atoms with E-state index in [1.807, 2.05) is 48.5 Å². The Labute approximate surface area is 112 Å². The predicted molar refractivity (Wildman–Crippen MR) is 71.9 cm³/mol. The molecule has 1 aliphatic heterocycles. The zero-order valence-electron chi connectivity index (χ0n) is 10.5. The van der Waals surface area contributed by atoms with Crippen LogP contribution in [0, 0.1) is 0 Å². The molecule has 0 aliphatic carbocycles. The van der Waals surface area contributed by atoms with E-state index in [1.165, 1.54) is 0 Å². The molecule has 0 spiro atoms. The van der Waals surface area contributed by atoms with Crippen LogP contribution in [0.5, 0.6) is 5.75 Å². The van der Waals surface area contributed by atoms with E-state index in [2.05, 4.69) is 0 Å². The van der Waals surface area contributed by atoms with Crippen LogP contribution in [0.25, 0.3) is 0 Å². The fourth-order valence-electron chi connectivity index (χ4n) is 2.72. The summed E-state index contributed by atoms with van der Waals surface area (Å²) in [4.78, 5) is 0. The van der Waals surface area contributed by atoms with Crippen LogP contribution in [0.2, 0.25) is 0 Å². The molecular weight excluding hydrogens is 240 g/mol. The number of hydrogen-bond donors (Lipinski definition) is 2. The van der Waals surface area contributed by atoms with Gasteiger partial charge in [-0.25, -0.2) is 0 Å². The Bertz CT molecular complexity index is 545. The van der Waals surface area contributed by atoms with Crippen molar-refractivity contribution in [1.82, 2.24) is 0 Å². The van der Waals surface area contributed by atoms with Crippen molar-refractivity contribution in [3.8, 4) is 5.75 Å². The highest BCUT2D eigenvalue weighted by Gasteiger charge is 2.37. The van der Waals surface area contributed by atoms with Crippen molar-refractivity contribution in [2.75, 3.05) is 6.61 Å². The first kappa shape index (κ1) is 12.2. The molecule has 1 aliphatic rings. The summed E-state index contributed by atoms with van der Waals surface area (Å²) in [6.45, 7) is 0.347. The molecule has 1 unspecified atom stereocenters. The summed E-state index contributed by atoms with van der Waals surface area (Å²) in [5.41, 5.74) is 1.29. The third-order valence-corrected chi connectivity index (χ3v) is 3.65. The molecule has 2 aromatic carbocycles. The molecule has 3 heteroatoms. The van der Waals surface area contributed by atoms with Crippen LogP contribution >= 0.6 is 0 Å². The van der Waals surface area contributed by atoms with Gasteiger partial charge in [0, 0.05) is 18.6 Å². The maximum Gasteiger partial charge on any atom is 0.126 e. The van der Waals surface area contributed by atoms with Gasteiger partial charge in [0.25, 0.3) is 0 Å². The number of rotatable bonds is 2. The van der Waals surface area contributed by atoms with E-state index < -0.39 is 5.60 Å². The van der Waals surface area contributed by atoms with E-state index >= 15 is 0 Å². The molecule has 0 bridgehead atoms. The fraction of sp³-hybridized carbons (Fsp3) is 0.250. The SMILES string of the molecule is OCCC1(O)c2ccccc2COc2ccccc21. The van der Waals surface area contributed by atoms with Gasteiger partial charge in [-0.2, -0.15) is 0 Å². The Hall–Kier alpha value is -1.84. The minimum absolute atomic E-state index is 0.0842. The zero-order chi connectivity index (χ0) is 13.3. The van der Waals surface area contributed by atoms with Gasteiger partial charge in [-0.15, -0.1) is 0 Å². The van der Waals surface area contributed by atoms with Gasteiger partial charge in [0.2, 0.25) is 0 Å². The van der Waals surface area contributed by atoms with Crippen LogP contribution in [0.15, 0.2) is 48.5 Å². The molecule has 1 atom stereocenters. The Morgan fingerprint density at radius 2 is 1.68 bits per heavy atom. The minimum atomic E-state index is -1.20. The van der Waals surface area contributed by atoms with E-state index in [-0.39, 0.29) is 13.0 Å². The topological polar surface area (TPSA) is 49.7 Å². The van der Waals surface area contributed by atoms with Crippen molar-refractivity contribution in [3.05, 3.63) is 65.2 Å². The highest BCUT2D eigenvalue weighted by atomic mass is 16.5. The second kappa shape index (κ2) is 4.68. The predicted octanol–water partition coefficient (Wildman–Crippen LogP) is 2.20. The quantitative estimate of drug-likeness (QED) is 0.866. The second-order valence-electron chi connectivity index (χ2n) is 4.78. The smallest absolute Gasteiger partial charge is 0.126 e. The summed E-state index contributed by atoms with van der Waals surface area (Å²) in [6, 6.07) is 15.1. The highest BCUT2D eigenvalue weighted by molar-refractivity contribution is 5.49. The first-order valence-corrected chi connectivity index (χ1v) is 6.39. The average Bonchev–Trinajstić information content (AvgIpc) is 2.57. The van der Waals surface area contributed by atoms with E-state index in [0.717, 1.165) is 11.1 Å². The van der Waals surface area contributed by atoms with E-state index in [1.54, 1.807) is 0 Å². The van der Waals surface area contributed by atoms with Crippen LogP contribution in [0.1, 0.15) is 23.1 Å². The Balaban J connectivity index is 2.25. The standard InChI is InChI=1S/C16H16O3/c17-10-9-16(18)13-6-2-1-5-12(13)11-19-15-8-4-3-7-14(15)16/h1-8,17-18H,9-11H2. The number of ether oxygens (including phenoxy) is 1. The lowest BCUT2D eigenvalue weighted by molar-refractivity contribution is 0.0504. The van der Waals surface area contributed by atoms with Crippen molar-refractivity contribution >= 4 is 0 Å². The molecule has 2 N–H and O–H groups in total. The number of para-hydroxylation sites is 1. The summed E-state index contributed by atoms with van der Waals surface area (Å²) in [5, 5.41) is 20.4. The Morgan fingerprint density at radius 1 is 1.00 bits per heavy atom. The maximum absolute atomic E-state index is 11.1. The van der Waals surface area contributed by atoms with E-state index in [9.17, 15) is 10.2 Å². The minimum Gasteiger partial charge on any atom is -0.488 e. The van der Waals surface area contributed by atoms with Gasteiger partial charge >= 0.3 is 0 Å². The maximum atomic E-state index is 11.1. The Kier molecular flexibility index (Phi) is 3.01. The third kappa shape index (κ3) is 1.91. The van der Waals surface area contributed by atoms with Crippen LogP contribution < -0.4 is 4.74 Å². The fourth-order valence-corrected chi connectivity index (χ4v) is 2.72. The first-order valence-electron chi connectivity index (χ1n) is 6.39. The lowest BCUT2D eigenvalue weighted by atomic mass is 9.81. The number of benzene rings is 2. The van der Waals surface area contributed by atoms with Gasteiger partial charge in [-0.3, -0.25) is 0 Å². The summed E-state index contributed by atoms with van der Waals surface area (Å²) in [6.07, 6.45) is 0.254. The normalized spacial score (nSPS) is 20.9. The van der Waals surface area contributed by atoms with Gasteiger partial charge in [0.05, 0.1) is 0 Å². The molecular formula is C16H16O3. The van der Waals surface area contributed by atoms with Crippen LogP contribution in [-0.4, -0.2) is 16.8 Å². The lowest BCUT2D eigenvalue weighted by Crippen LogP contribution is -2.29. The van der Waals surface area contributed by atoms with Crippen LogP contribution in [-0.2, 0) is 12.2 Å². The molecule has 3 nitrogen and oxygen atoms in total. The largest absolute Gasteiger partial charge is 0.488 e. The van der Waals surface area contributed by atoms with Gasteiger partial charge < -0.3 is 14.9 Å². The number of aliphatic hydroxyl groups excluding tert-OH is 1. The number of aliphatic hydroxyl groups is 2. The molecule has 0 radical (unpaired) electrons. The summed E-state index contributed by atoms with van der Waals surface area (Å²) in [5.74, 6) is 0.676. The zero-order valence-corrected chi connectivity index (χ0v) is 10.5. The summed E-state index contributed by atoms with van der Waals surface area (Å²) >= 11 is 0. The molecule has 98 valence electrons. The number of hydrogen-bond acceptors (Lipinski definition) is 3. The first-order chi connectivity index (χ1) is 9.25. The summed E-state index contributed by atoms with van der Waals surface area (Å²) in [7, 11) is 0. The van der Waals surface area contributed by atoms with E-state index in [4.69, 9.17) is 4.74 Å². The molecule has 1 heterocycles. The van der Waals surface area contributed by atoms with Gasteiger partial charge in [0.15, 0.2) is 0 Å². The Morgan fingerprint density at radius 3 is 2.47 bits per heavy atom. The van der Waals surface area contributed by atoms with Gasteiger partial charge in [-0.1, -0.05) is 42.5 Å². The van der Waals surface area contributed by atoms with Crippen molar-refractivity contribution in [1.29, 1.82) is 0 Å². The number of fused-ring (bicyclic) bond motifs is 2. The van der Waals surface area contributed by atoms with Crippen molar-refractivity contribution in [3.63, 3.8) is 0 Å². The van der Waals surface area contributed by atoms with Crippen molar-refractivity contribution < 1.29 is 14.9 Å². The second-order valence-corrected chi connectivity index (χ2v) is 4.78. The average molecular weight is 256 g/mol. The molecule has 19 heavy (non-hydrogen) atoms. The van der Waals surface area contributed by atoms with Gasteiger partial charge in [-0.05, 0) is 17.2 Å². The molecule has 3 rings (SSSR count). The lowest BCUT2D eigenvalue weighted by Gasteiger charge is -2.29. The van der Waals surface area contributed by atoms with E-state index in [0.29, 0.717) is 17.9 Å². The van der Waals surface area contributed by atoms with Crippen molar-refractivity contribution in [2.24, 2.45) is 0 Å². The van der Waals surface area contributed by atoms with Crippen LogP contribution in [0.4, 0.5) is 0 Å². The van der Waals surface area contributed by atoms with Gasteiger partial charge in [0.1, 0.15) is 18.0 Å². The molecule has 0 fully saturated rings. The molecule has 0 amide bonds. The molecule has 2 aromatic rings. The third-order valence-electron chi connectivity index (χ3n) is 3.65. The van der Waals surface area contributed by atoms with Crippen LogP contribution in [0.3, 0.4) is 0 Å². The molecule has 0 saturated carbocycles. The molecule has 0 aromatic heterocycles. The molecule has 0 saturated heterocycles.